The third-order valence-corrected chi connectivity index (χ3v) is 5.46. The fraction of sp³-hybridized carbons (Fsp3) is 0.0556. The molecule has 0 aliphatic heterocycles. The predicted octanol–water partition coefficient (Wildman–Crippen LogP) is 2.47. The van der Waals surface area contributed by atoms with Crippen LogP contribution in [0.25, 0.3) is 11.0 Å². The second-order valence-electron chi connectivity index (χ2n) is 5.86. The summed E-state index contributed by atoms with van der Waals surface area (Å²) in [5, 5.41) is 0.826. The maximum atomic E-state index is 12.2. The Bertz CT molecular complexity index is 1280. The molecule has 0 unspecified atom stereocenters. The number of hydrogen-bond acceptors (Lipinski definition) is 5. The van der Waals surface area contributed by atoms with Crippen molar-refractivity contribution in [2.75, 3.05) is 0 Å². The molecule has 3 rings (SSSR count). The summed E-state index contributed by atoms with van der Waals surface area (Å²) >= 11 is 6.35. The van der Waals surface area contributed by atoms with Crippen LogP contribution in [0.5, 0.6) is 0 Å². The summed E-state index contributed by atoms with van der Waals surface area (Å²) in [5.41, 5.74) is 11.4. The molecular formula is C18H15ClN4O4S. The van der Waals surface area contributed by atoms with Crippen LogP contribution >= 0.6 is 11.6 Å². The highest BCUT2D eigenvalue weighted by Gasteiger charge is 2.13. The minimum absolute atomic E-state index is 0.0944. The Morgan fingerprint density at radius 1 is 1.14 bits per heavy atom. The van der Waals surface area contributed by atoms with Crippen LogP contribution in [0.4, 0.5) is 5.69 Å². The predicted molar refractivity (Wildman–Crippen MR) is 109 cm³/mol. The molecule has 0 saturated carbocycles. The van der Waals surface area contributed by atoms with Gasteiger partial charge in [-0.2, -0.15) is 8.42 Å². The molecule has 1 aromatic heterocycles. The first kappa shape index (κ1) is 19.6. The van der Waals surface area contributed by atoms with E-state index in [0.29, 0.717) is 16.7 Å². The van der Waals surface area contributed by atoms with Crippen molar-refractivity contribution in [3.8, 4) is 0 Å². The first-order valence-corrected chi connectivity index (χ1v) is 9.72. The van der Waals surface area contributed by atoms with Crippen molar-refractivity contribution in [1.82, 2.24) is 0 Å². The van der Waals surface area contributed by atoms with Gasteiger partial charge in [0.1, 0.15) is 5.58 Å². The number of nitrogens with zero attached hydrogens (tertiary/aromatic N) is 2. The van der Waals surface area contributed by atoms with Crippen molar-refractivity contribution in [2.45, 2.75) is 11.8 Å². The van der Waals surface area contributed by atoms with Crippen LogP contribution in [0.3, 0.4) is 0 Å². The summed E-state index contributed by atoms with van der Waals surface area (Å²) in [6.45, 7) is 1.90. The van der Waals surface area contributed by atoms with Gasteiger partial charge in [0.25, 0.3) is 10.0 Å². The van der Waals surface area contributed by atoms with Crippen molar-refractivity contribution >= 4 is 50.5 Å². The summed E-state index contributed by atoms with van der Waals surface area (Å²) in [5.74, 6) is -0.560. The molecule has 0 radical (unpaired) electrons. The van der Waals surface area contributed by atoms with Gasteiger partial charge in [-0.1, -0.05) is 23.2 Å². The molecule has 28 heavy (non-hydrogen) atoms. The topological polar surface area (TPSA) is 141 Å². The van der Waals surface area contributed by atoms with E-state index in [9.17, 15) is 13.2 Å². The molecule has 4 N–H and O–H groups in total. The number of nitrogens with two attached hydrogens (primary N) is 2. The number of hydrogen-bond donors (Lipinski definition) is 2. The van der Waals surface area contributed by atoms with Gasteiger partial charge in [-0.25, -0.2) is 4.79 Å². The van der Waals surface area contributed by atoms with Gasteiger partial charge in [0.05, 0.1) is 21.2 Å². The summed E-state index contributed by atoms with van der Waals surface area (Å²) in [7, 11) is -3.99. The smallest absolute Gasteiger partial charge is 0.346 e. The lowest BCUT2D eigenvalue weighted by molar-refractivity contribution is 0.560. The number of aryl methyl sites for hydroxylation is 1. The van der Waals surface area contributed by atoms with Crippen LogP contribution < -0.4 is 17.1 Å². The Labute approximate surface area is 165 Å². The lowest BCUT2D eigenvalue weighted by atomic mass is 10.1. The van der Waals surface area contributed by atoms with Crippen molar-refractivity contribution in [3.05, 3.63) is 69.0 Å². The number of rotatable bonds is 4. The number of benzene rings is 2. The van der Waals surface area contributed by atoms with E-state index in [1.165, 1.54) is 30.5 Å². The third kappa shape index (κ3) is 4.05. The molecule has 0 aliphatic rings. The van der Waals surface area contributed by atoms with Crippen LogP contribution in [0, 0.1) is 6.92 Å². The molecule has 1 heterocycles. The first-order valence-electron chi connectivity index (χ1n) is 7.90. The van der Waals surface area contributed by atoms with Crippen LogP contribution in [0.2, 0.25) is 5.02 Å². The molecule has 0 fully saturated rings. The molecule has 0 amide bonds. The zero-order chi connectivity index (χ0) is 20.5. The molecule has 10 heteroatoms. The Hall–Kier alpha value is -3.17. The van der Waals surface area contributed by atoms with E-state index in [1.807, 2.05) is 13.0 Å². The molecule has 144 valence electrons. The fourth-order valence-electron chi connectivity index (χ4n) is 2.44. The van der Waals surface area contributed by atoms with Gasteiger partial charge in [-0.3, -0.25) is 4.99 Å². The second-order valence-corrected chi connectivity index (χ2v) is 7.84. The molecule has 8 nitrogen and oxygen atoms in total. The maximum absolute atomic E-state index is 12.2. The van der Waals surface area contributed by atoms with E-state index >= 15 is 0 Å². The zero-order valence-corrected chi connectivity index (χ0v) is 16.2. The van der Waals surface area contributed by atoms with Crippen LogP contribution in [0.15, 0.2) is 66.0 Å². The van der Waals surface area contributed by atoms with E-state index in [-0.39, 0.29) is 15.5 Å². The highest BCUT2D eigenvalue weighted by molar-refractivity contribution is 7.90. The van der Waals surface area contributed by atoms with Crippen LogP contribution in [-0.2, 0) is 10.0 Å². The first-order chi connectivity index (χ1) is 13.2. The minimum atomic E-state index is -3.99. The van der Waals surface area contributed by atoms with E-state index in [2.05, 4.69) is 9.39 Å². The normalized spacial score (nSPS) is 11.8. The van der Waals surface area contributed by atoms with Crippen LogP contribution in [-0.4, -0.2) is 20.6 Å². The fourth-order valence-corrected chi connectivity index (χ4v) is 3.57. The average Bonchev–Trinajstić information content (AvgIpc) is 2.61. The number of sulfonamides is 1. The zero-order valence-electron chi connectivity index (χ0n) is 14.6. The van der Waals surface area contributed by atoms with E-state index in [0.717, 1.165) is 5.56 Å². The Balaban J connectivity index is 1.97. The molecule has 0 aliphatic carbocycles. The van der Waals surface area contributed by atoms with Crippen molar-refractivity contribution in [2.24, 2.45) is 20.9 Å². The monoisotopic (exact) mass is 418 g/mol. The van der Waals surface area contributed by atoms with Crippen LogP contribution in [0.1, 0.15) is 11.1 Å². The number of halogens is 1. The van der Waals surface area contributed by atoms with Gasteiger partial charge >= 0.3 is 5.63 Å². The summed E-state index contributed by atoms with van der Waals surface area (Å²) in [6, 6.07) is 10.8. The van der Waals surface area contributed by atoms with E-state index in [1.54, 1.807) is 12.1 Å². The number of aliphatic imine (C=N–C) groups is 1. The number of fused-ring (bicyclic) bond motifs is 1. The Kier molecular flexibility index (Phi) is 5.21. The van der Waals surface area contributed by atoms with E-state index < -0.39 is 21.6 Å². The van der Waals surface area contributed by atoms with Gasteiger partial charge in [-0.15, -0.1) is 4.40 Å². The lowest BCUT2D eigenvalue weighted by Crippen LogP contribution is -2.24. The quantitative estimate of drug-likeness (QED) is 0.378. The third-order valence-electron chi connectivity index (χ3n) is 3.73. The van der Waals surface area contributed by atoms with Crippen molar-refractivity contribution in [1.29, 1.82) is 0 Å². The molecular weight excluding hydrogens is 404 g/mol. The number of guanidine groups is 1. The van der Waals surface area contributed by atoms with Gasteiger partial charge in [0.15, 0.2) is 0 Å². The van der Waals surface area contributed by atoms with Crippen molar-refractivity contribution < 1.29 is 12.8 Å². The van der Waals surface area contributed by atoms with Gasteiger partial charge < -0.3 is 15.9 Å². The SMILES string of the molecule is Cc1ccc2oc(=O)c(C=Nc3ccc(S(=O)(=O)N=C(N)N)cc3)c(Cl)c2c1. The highest BCUT2D eigenvalue weighted by Crippen LogP contribution is 2.26. The maximum Gasteiger partial charge on any atom is 0.346 e. The molecule has 0 bridgehead atoms. The summed E-state index contributed by atoms with van der Waals surface area (Å²) in [6.07, 6.45) is 1.27. The lowest BCUT2D eigenvalue weighted by Gasteiger charge is -2.03. The molecule has 0 saturated heterocycles. The second kappa shape index (κ2) is 7.45. The highest BCUT2D eigenvalue weighted by atomic mass is 35.5. The molecule has 2 aromatic carbocycles. The standard InChI is InChI=1S/C18H15ClN4O4S/c1-10-2-7-15-13(8-10)16(19)14(17(24)27-15)9-22-11-3-5-12(6-4-11)28(25,26)23-18(20)21/h2-9H,1H3,(H4,20,21,23). The van der Waals surface area contributed by atoms with Gasteiger partial charge in [0.2, 0.25) is 5.96 Å². The Morgan fingerprint density at radius 3 is 2.46 bits per heavy atom. The van der Waals surface area contributed by atoms with E-state index in [4.69, 9.17) is 27.5 Å². The molecule has 0 atom stereocenters. The van der Waals surface area contributed by atoms with Gasteiger partial charge in [-0.05, 0) is 43.3 Å². The minimum Gasteiger partial charge on any atom is -0.422 e. The molecule has 3 aromatic rings. The summed E-state index contributed by atoms with van der Waals surface area (Å²) < 4.78 is 32.3. The average molecular weight is 419 g/mol. The van der Waals surface area contributed by atoms with Gasteiger partial charge in [0, 0.05) is 11.6 Å². The summed E-state index contributed by atoms with van der Waals surface area (Å²) in [4.78, 5) is 16.3. The Morgan fingerprint density at radius 2 is 1.82 bits per heavy atom. The largest absolute Gasteiger partial charge is 0.422 e. The van der Waals surface area contributed by atoms with Crippen molar-refractivity contribution in [3.63, 3.8) is 0 Å². The molecule has 0 spiro atoms.